The zero-order valence-corrected chi connectivity index (χ0v) is 17.2. The number of aryl methyl sites for hydroxylation is 1. The Bertz CT molecular complexity index is 1210. The molecule has 4 rings (SSSR count). The van der Waals surface area contributed by atoms with E-state index in [9.17, 15) is 4.79 Å². The molecule has 0 spiro atoms. The van der Waals surface area contributed by atoms with Gasteiger partial charge >= 0.3 is 5.97 Å². The monoisotopic (exact) mass is 387 g/mol. The fraction of sp³-hybridized carbons (Fsp3) is 0.250. The number of anilines is 1. The summed E-state index contributed by atoms with van der Waals surface area (Å²) in [7, 11) is 1.39. The molecule has 148 valence electrons. The van der Waals surface area contributed by atoms with Crippen LogP contribution >= 0.6 is 0 Å². The average Bonchev–Trinajstić information content (AvgIpc) is 3.11. The van der Waals surface area contributed by atoms with Crippen molar-refractivity contribution in [2.75, 3.05) is 19.0 Å². The summed E-state index contributed by atoms with van der Waals surface area (Å²) in [6.07, 6.45) is 2.02. The van der Waals surface area contributed by atoms with E-state index in [0.717, 1.165) is 39.9 Å². The Morgan fingerprint density at radius 2 is 1.97 bits per heavy atom. The van der Waals surface area contributed by atoms with E-state index in [2.05, 4.69) is 55.3 Å². The first kappa shape index (κ1) is 19.0. The Morgan fingerprint density at radius 3 is 2.72 bits per heavy atom. The highest BCUT2D eigenvalue weighted by molar-refractivity contribution is 6.00. The fourth-order valence-corrected chi connectivity index (χ4v) is 3.50. The third kappa shape index (κ3) is 3.68. The van der Waals surface area contributed by atoms with Gasteiger partial charge in [0.15, 0.2) is 0 Å². The molecule has 0 saturated heterocycles. The fourth-order valence-electron chi connectivity index (χ4n) is 3.50. The van der Waals surface area contributed by atoms with Gasteiger partial charge in [0, 0.05) is 40.3 Å². The Balaban J connectivity index is 1.87. The standard InChI is InChI=1S/C24H25N3O2/c1-14(2)12-25-23-11-22(16-5-7-20-18(9-16)15(3)13-26-20)27-21-8-6-17(10-19(21)23)24(28)29-4/h5-11,13-14,26H,12H2,1-4H3,(H,25,27). The van der Waals surface area contributed by atoms with Gasteiger partial charge in [-0.05, 0) is 54.8 Å². The first-order valence-electron chi connectivity index (χ1n) is 9.81. The predicted molar refractivity (Wildman–Crippen MR) is 118 cm³/mol. The van der Waals surface area contributed by atoms with Crippen molar-refractivity contribution in [2.45, 2.75) is 20.8 Å². The molecule has 0 fully saturated rings. The Morgan fingerprint density at radius 1 is 1.14 bits per heavy atom. The number of hydrogen-bond donors (Lipinski definition) is 2. The Hall–Kier alpha value is -3.34. The molecule has 0 atom stereocenters. The van der Waals surface area contributed by atoms with Gasteiger partial charge in [0.05, 0.1) is 23.9 Å². The lowest BCUT2D eigenvalue weighted by Gasteiger charge is -2.14. The Labute approximate surface area is 170 Å². The summed E-state index contributed by atoms with van der Waals surface area (Å²) >= 11 is 0. The van der Waals surface area contributed by atoms with Crippen LogP contribution in [0.3, 0.4) is 0 Å². The van der Waals surface area contributed by atoms with Crippen molar-refractivity contribution in [3.63, 3.8) is 0 Å². The van der Waals surface area contributed by atoms with Crippen LogP contribution in [0.25, 0.3) is 33.1 Å². The molecule has 2 heterocycles. The minimum absolute atomic E-state index is 0.348. The van der Waals surface area contributed by atoms with Crippen LogP contribution in [0, 0.1) is 12.8 Å². The number of pyridine rings is 1. The second-order valence-electron chi connectivity index (χ2n) is 7.79. The summed E-state index contributed by atoms with van der Waals surface area (Å²) in [5.74, 6) is 0.142. The van der Waals surface area contributed by atoms with Gasteiger partial charge in [-0.2, -0.15) is 0 Å². The summed E-state index contributed by atoms with van der Waals surface area (Å²) in [6.45, 7) is 7.26. The molecule has 5 heteroatoms. The molecule has 0 radical (unpaired) electrons. The lowest BCUT2D eigenvalue weighted by atomic mass is 10.0. The van der Waals surface area contributed by atoms with E-state index < -0.39 is 0 Å². The van der Waals surface area contributed by atoms with E-state index in [0.29, 0.717) is 11.5 Å². The average molecular weight is 387 g/mol. The van der Waals surface area contributed by atoms with E-state index in [-0.39, 0.29) is 5.97 Å². The lowest BCUT2D eigenvalue weighted by molar-refractivity contribution is 0.0601. The highest BCUT2D eigenvalue weighted by Gasteiger charge is 2.13. The molecule has 0 bridgehead atoms. The molecule has 2 N–H and O–H groups in total. The SMILES string of the molecule is COC(=O)c1ccc2nc(-c3ccc4[nH]cc(C)c4c3)cc(NCC(C)C)c2c1. The number of esters is 1. The van der Waals surface area contributed by atoms with Crippen LogP contribution in [0.2, 0.25) is 0 Å². The molecular formula is C24H25N3O2. The summed E-state index contributed by atoms with van der Waals surface area (Å²) in [5, 5.41) is 5.64. The number of hydrogen-bond acceptors (Lipinski definition) is 4. The number of fused-ring (bicyclic) bond motifs is 2. The molecule has 0 aliphatic rings. The number of nitrogens with zero attached hydrogens (tertiary/aromatic N) is 1. The van der Waals surface area contributed by atoms with Crippen LogP contribution in [0.4, 0.5) is 5.69 Å². The number of H-pyrrole nitrogens is 1. The van der Waals surface area contributed by atoms with Crippen molar-refractivity contribution in [1.29, 1.82) is 0 Å². The molecule has 0 saturated carbocycles. The van der Waals surface area contributed by atoms with Gasteiger partial charge in [0.2, 0.25) is 0 Å². The molecular weight excluding hydrogens is 362 g/mol. The molecule has 2 aromatic heterocycles. The smallest absolute Gasteiger partial charge is 0.337 e. The maximum Gasteiger partial charge on any atom is 0.337 e. The first-order valence-corrected chi connectivity index (χ1v) is 9.81. The number of aromatic nitrogens is 2. The van der Waals surface area contributed by atoms with E-state index >= 15 is 0 Å². The molecule has 0 aliphatic carbocycles. The van der Waals surface area contributed by atoms with Gasteiger partial charge in [-0.25, -0.2) is 9.78 Å². The largest absolute Gasteiger partial charge is 0.465 e. The minimum atomic E-state index is -0.348. The van der Waals surface area contributed by atoms with Gasteiger partial charge < -0.3 is 15.0 Å². The van der Waals surface area contributed by atoms with Crippen LogP contribution in [0.5, 0.6) is 0 Å². The van der Waals surface area contributed by atoms with Crippen molar-refractivity contribution in [2.24, 2.45) is 5.92 Å². The number of carbonyl (C=O) groups excluding carboxylic acids is 1. The van der Waals surface area contributed by atoms with Crippen LogP contribution < -0.4 is 5.32 Å². The number of nitrogens with one attached hydrogen (secondary N) is 2. The molecule has 29 heavy (non-hydrogen) atoms. The highest BCUT2D eigenvalue weighted by Crippen LogP contribution is 2.31. The summed E-state index contributed by atoms with van der Waals surface area (Å²) < 4.78 is 4.88. The quantitative estimate of drug-likeness (QED) is 0.441. The topological polar surface area (TPSA) is 67.0 Å². The van der Waals surface area contributed by atoms with Crippen LogP contribution in [0.15, 0.2) is 48.7 Å². The van der Waals surface area contributed by atoms with Gasteiger partial charge in [-0.15, -0.1) is 0 Å². The second-order valence-corrected chi connectivity index (χ2v) is 7.79. The second kappa shape index (κ2) is 7.59. The van der Waals surface area contributed by atoms with E-state index in [1.807, 2.05) is 18.3 Å². The highest BCUT2D eigenvalue weighted by atomic mass is 16.5. The molecule has 5 nitrogen and oxygen atoms in total. The predicted octanol–water partition coefficient (Wildman–Crippen LogP) is 5.55. The maximum absolute atomic E-state index is 12.0. The molecule has 2 aromatic carbocycles. The number of carbonyl (C=O) groups is 1. The first-order chi connectivity index (χ1) is 14.0. The molecule has 0 unspecified atom stereocenters. The van der Waals surface area contributed by atoms with E-state index in [4.69, 9.17) is 9.72 Å². The number of benzene rings is 2. The van der Waals surface area contributed by atoms with Crippen molar-refractivity contribution >= 4 is 33.5 Å². The molecule has 0 aliphatic heterocycles. The van der Waals surface area contributed by atoms with E-state index in [1.165, 1.54) is 18.1 Å². The molecule has 0 amide bonds. The van der Waals surface area contributed by atoms with Crippen molar-refractivity contribution < 1.29 is 9.53 Å². The van der Waals surface area contributed by atoms with Crippen molar-refractivity contribution in [1.82, 2.24) is 9.97 Å². The minimum Gasteiger partial charge on any atom is -0.465 e. The van der Waals surface area contributed by atoms with Gasteiger partial charge in [0.1, 0.15) is 0 Å². The number of rotatable bonds is 5. The Kier molecular flexibility index (Phi) is 4.97. The van der Waals surface area contributed by atoms with Crippen molar-refractivity contribution in [3.05, 3.63) is 59.8 Å². The number of aromatic amines is 1. The van der Waals surface area contributed by atoms with Crippen LogP contribution in [-0.2, 0) is 4.74 Å². The lowest BCUT2D eigenvalue weighted by Crippen LogP contribution is -2.09. The zero-order chi connectivity index (χ0) is 20.5. The van der Waals surface area contributed by atoms with Crippen molar-refractivity contribution in [3.8, 4) is 11.3 Å². The third-order valence-electron chi connectivity index (χ3n) is 5.11. The van der Waals surface area contributed by atoms with E-state index in [1.54, 1.807) is 6.07 Å². The summed E-state index contributed by atoms with van der Waals surface area (Å²) in [4.78, 5) is 20.2. The number of methoxy groups -OCH3 is 1. The van der Waals surface area contributed by atoms with Crippen LogP contribution in [-0.4, -0.2) is 29.6 Å². The third-order valence-corrected chi connectivity index (χ3v) is 5.11. The summed E-state index contributed by atoms with van der Waals surface area (Å²) in [5.41, 5.74) is 6.62. The van der Waals surface area contributed by atoms with Gasteiger partial charge in [-0.1, -0.05) is 19.9 Å². The zero-order valence-electron chi connectivity index (χ0n) is 17.2. The number of ether oxygens (including phenoxy) is 1. The summed E-state index contributed by atoms with van der Waals surface area (Å²) in [6, 6.07) is 13.9. The van der Waals surface area contributed by atoms with Gasteiger partial charge in [-0.3, -0.25) is 0 Å². The van der Waals surface area contributed by atoms with Crippen LogP contribution in [0.1, 0.15) is 29.8 Å². The van der Waals surface area contributed by atoms with Gasteiger partial charge in [0.25, 0.3) is 0 Å². The molecule has 4 aromatic rings. The maximum atomic E-state index is 12.0. The normalized spacial score (nSPS) is 11.3.